The van der Waals surface area contributed by atoms with Gasteiger partial charge in [0.15, 0.2) is 0 Å². The lowest BCUT2D eigenvalue weighted by atomic mass is 10.0. The van der Waals surface area contributed by atoms with E-state index < -0.39 is 48.2 Å². The minimum absolute atomic E-state index is 0.0189. The van der Waals surface area contributed by atoms with Gasteiger partial charge in [0.2, 0.25) is 5.96 Å². The highest BCUT2D eigenvalue weighted by molar-refractivity contribution is 6.74. The molecule has 0 unspecified atom stereocenters. The minimum atomic E-state index is -2.16. The van der Waals surface area contributed by atoms with Gasteiger partial charge in [0.1, 0.15) is 5.75 Å². The van der Waals surface area contributed by atoms with Crippen molar-refractivity contribution >= 4 is 60.5 Å². The van der Waals surface area contributed by atoms with Gasteiger partial charge < -0.3 is 13.9 Å². The number of hydrogen-bond donors (Lipinski definition) is 2. The van der Waals surface area contributed by atoms with Crippen LogP contribution >= 0.6 is 0 Å². The van der Waals surface area contributed by atoms with Crippen LogP contribution in [-0.2, 0) is 15.9 Å². The third-order valence-electron chi connectivity index (χ3n) is 8.23. The molecule has 0 heterocycles. The Labute approximate surface area is 298 Å². The van der Waals surface area contributed by atoms with Crippen molar-refractivity contribution in [3.63, 3.8) is 0 Å². The fourth-order valence-electron chi connectivity index (χ4n) is 4.45. The third-order valence-corrected chi connectivity index (χ3v) is 12.6. The van der Waals surface area contributed by atoms with E-state index in [1.807, 2.05) is 36.4 Å². The minimum Gasteiger partial charge on any atom is -0.543 e. The van der Waals surface area contributed by atoms with Crippen LogP contribution in [0.25, 0.3) is 10.8 Å². The number of amides is 2. The van der Waals surface area contributed by atoms with Gasteiger partial charge in [-0.25, -0.2) is 19.2 Å². The summed E-state index contributed by atoms with van der Waals surface area (Å²) in [6, 6.07) is 20.0. The molecule has 0 spiro atoms. The van der Waals surface area contributed by atoms with Crippen LogP contribution in [0.3, 0.4) is 0 Å². The third kappa shape index (κ3) is 9.81. The van der Waals surface area contributed by atoms with Crippen LogP contribution in [0, 0.1) is 20.2 Å². The standard InChI is InChI=1S/C35H35N5O11Si/c1-35(2,3)52(4,5)51-29-11-7-9-27-22(8-6-10-28(27)29)20-21-36-32(37-33(43)49-30(41)23-12-16-25(17-13-23)39(45)46)38-34(44)50-31(42)24-14-18-26(19-15-24)40(47)48/h6-19H,20-21H2,1-5H3,(H2,36,37,38,43,44). The highest BCUT2D eigenvalue weighted by atomic mass is 28.4. The molecule has 0 saturated carbocycles. The Hall–Kier alpha value is -6.49. The lowest BCUT2D eigenvalue weighted by Gasteiger charge is -2.36. The Morgan fingerprint density at radius 2 is 1.17 bits per heavy atom. The average molecular weight is 730 g/mol. The van der Waals surface area contributed by atoms with E-state index in [0.29, 0.717) is 6.42 Å². The van der Waals surface area contributed by atoms with Gasteiger partial charge in [0.25, 0.3) is 19.7 Å². The zero-order valence-electron chi connectivity index (χ0n) is 28.8. The number of guanidine groups is 1. The second-order valence-corrected chi connectivity index (χ2v) is 17.5. The van der Waals surface area contributed by atoms with Crippen molar-refractivity contribution in [2.75, 3.05) is 6.54 Å². The number of nitro benzene ring substituents is 2. The molecule has 0 aromatic heterocycles. The maximum absolute atomic E-state index is 12.7. The van der Waals surface area contributed by atoms with Crippen molar-refractivity contribution in [2.24, 2.45) is 4.99 Å². The van der Waals surface area contributed by atoms with Crippen molar-refractivity contribution in [3.8, 4) is 5.75 Å². The van der Waals surface area contributed by atoms with E-state index >= 15 is 0 Å². The summed E-state index contributed by atoms with van der Waals surface area (Å²) in [5.74, 6) is -2.10. The Kier molecular flexibility index (Phi) is 11.8. The Balaban J connectivity index is 1.52. The summed E-state index contributed by atoms with van der Waals surface area (Å²) in [4.78, 5) is 75.1. The monoisotopic (exact) mass is 729 g/mol. The number of alkyl carbamates (subject to hydrolysis) is 2. The van der Waals surface area contributed by atoms with E-state index in [0.717, 1.165) is 70.6 Å². The second kappa shape index (κ2) is 16.0. The van der Waals surface area contributed by atoms with E-state index in [-0.39, 0.29) is 34.1 Å². The molecule has 17 heteroatoms. The molecule has 0 aliphatic heterocycles. The van der Waals surface area contributed by atoms with Crippen LogP contribution in [0.5, 0.6) is 5.75 Å². The first-order chi connectivity index (χ1) is 24.4. The average Bonchev–Trinajstić information content (AvgIpc) is 3.07. The van der Waals surface area contributed by atoms with E-state index in [4.69, 9.17) is 13.9 Å². The number of ether oxygens (including phenoxy) is 2. The number of carbonyl (C=O) groups excluding carboxylic acids is 4. The Bertz CT molecular complexity index is 1970. The summed E-state index contributed by atoms with van der Waals surface area (Å²) in [7, 11) is -2.16. The van der Waals surface area contributed by atoms with Crippen LogP contribution < -0.4 is 15.1 Å². The van der Waals surface area contributed by atoms with E-state index in [9.17, 15) is 39.4 Å². The number of benzene rings is 4. The first-order valence-electron chi connectivity index (χ1n) is 15.7. The number of aliphatic imine (C=N–C) groups is 1. The van der Waals surface area contributed by atoms with Crippen LogP contribution in [0.1, 0.15) is 47.1 Å². The van der Waals surface area contributed by atoms with Gasteiger partial charge in [-0.1, -0.05) is 51.1 Å². The van der Waals surface area contributed by atoms with Crippen molar-refractivity contribution in [3.05, 3.63) is 122 Å². The normalized spacial score (nSPS) is 11.2. The van der Waals surface area contributed by atoms with Gasteiger partial charge in [-0.2, -0.15) is 0 Å². The molecule has 4 aromatic carbocycles. The molecule has 0 fully saturated rings. The molecule has 4 aromatic rings. The molecular formula is C35H35N5O11Si. The summed E-state index contributed by atoms with van der Waals surface area (Å²) in [6.07, 6.45) is -2.44. The number of non-ortho nitro benzene ring substituents is 2. The molecule has 0 aliphatic carbocycles. The predicted octanol–water partition coefficient (Wildman–Crippen LogP) is 7.07. The number of rotatable bonds is 9. The van der Waals surface area contributed by atoms with Gasteiger partial charge in [0, 0.05) is 36.2 Å². The zero-order chi connectivity index (χ0) is 38.2. The first-order valence-corrected chi connectivity index (χ1v) is 18.7. The van der Waals surface area contributed by atoms with Crippen LogP contribution in [0.15, 0.2) is 89.9 Å². The number of esters is 2. The van der Waals surface area contributed by atoms with Gasteiger partial charge >= 0.3 is 24.1 Å². The van der Waals surface area contributed by atoms with Crippen molar-refractivity contribution in [1.29, 1.82) is 0 Å². The molecule has 270 valence electrons. The van der Waals surface area contributed by atoms with Crippen molar-refractivity contribution in [2.45, 2.75) is 45.3 Å². The molecule has 16 nitrogen and oxygen atoms in total. The first kappa shape index (κ1) is 38.3. The molecule has 2 N–H and O–H groups in total. The molecule has 52 heavy (non-hydrogen) atoms. The summed E-state index contributed by atoms with van der Waals surface area (Å²) in [6.45, 7) is 10.7. The Morgan fingerprint density at radius 3 is 1.63 bits per heavy atom. The number of nitrogens with zero attached hydrogens (tertiary/aromatic N) is 3. The summed E-state index contributed by atoms with van der Waals surface area (Å²) in [5.41, 5.74) is -0.0478. The molecule has 4 rings (SSSR count). The summed E-state index contributed by atoms with van der Waals surface area (Å²) in [5, 5.41) is 27.8. The molecule has 0 bridgehead atoms. The smallest absolute Gasteiger partial charge is 0.421 e. The van der Waals surface area contributed by atoms with Gasteiger partial charge in [-0.3, -0.25) is 35.9 Å². The van der Waals surface area contributed by atoms with Gasteiger partial charge in [-0.15, -0.1) is 0 Å². The zero-order valence-corrected chi connectivity index (χ0v) is 29.8. The predicted molar refractivity (Wildman–Crippen MR) is 192 cm³/mol. The van der Waals surface area contributed by atoms with Gasteiger partial charge in [-0.05, 0) is 65.8 Å². The summed E-state index contributed by atoms with van der Waals surface area (Å²) >= 11 is 0. The lowest BCUT2D eigenvalue weighted by molar-refractivity contribution is -0.385. The number of carbonyl (C=O) groups is 4. The highest BCUT2D eigenvalue weighted by Crippen LogP contribution is 2.39. The van der Waals surface area contributed by atoms with Crippen LogP contribution in [0.4, 0.5) is 21.0 Å². The van der Waals surface area contributed by atoms with E-state index in [2.05, 4.69) is 49.5 Å². The molecule has 0 saturated heterocycles. The summed E-state index contributed by atoms with van der Waals surface area (Å²) < 4.78 is 16.1. The molecule has 0 aliphatic rings. The largest absolute Gasteiger partial charge is 0.543 e. The maximum Gasteiger partial charge on any atom is 0.421 e. The van der Waals surface area contributed by atoms with Crippen LogP contribution in [0.2, 0.25) is 18.1 Å². The number of fused-ring (bicyclic) bond motifs is 1. The van der Waals surface area contributed by atoms with Crippen LogP contribution in [-0.4, -0.2) is 54.8 Å². The quantitative estimate of drug-likeness (QED) is 0.0337. The number of nitro groups is 2. The number of nitrogens with one attached hydrogen (secondary N) is 2. The second-order valence-electron chi connectivity index (χ2n) is 12.8. The van der Waals surface area contributed by atoms with Gasteiger partial charge in [0.05, 0.1) is 21.0 Å². The van der Waals surface area contributed by atoms with Crippen molar-refractivity contribution < 1.29 is 42.9 Å². The fourth-order valence-corrected chi connectivity index (χ4v) is 5.48. The highest BCUT2D eigenvalue weighted by Gasteiger charge is 2.39. The molecule has 0 atom stereocenters. The molecular weight excluding hydrogens is 694 g/mol. The lowest BCUT2D eigenvalue weighted by Crippen LogP contribution is -2.45. The van der Waals surface area contributed by atoms with E-state index in [1.165, 1.54) is 0 Å². The molecule has 2 amide bonds. The number of hydrogen-bond acceptors (Lipinski definition) is 12. The van der Waals surface area contributed by atoms with Crippen molar-refractivity contribution in [1.82, 2.24) is 10.6 Å². The fraction of sp³-hybridized carbons (Fsp3) is 0.229. The SMILES string of the molecule is CC(C)(C)[Si](C)(C)Oc1cccc2c(CCN=C(NC(=O)OC(=O)c3ccc([N+](=O)[O-])cc3)NC(=O)OC(=O)c3ccc([N+](=O)[O-])cc3)cccc12. The van der Waals surface area contributed by atoms with E-state index in [1.54, 1.807) is 0 Å². The molecule has 0 radical (unpaired) electrons. The topological polar surface area (TPSA) is 219 Å². The Morgan fingerprint density at radius 1 is 0.712 bits per heavy atom. The maximum atomic E-state index is 12.7.